The zero-order chi connectivity index (χ0) is 9.52. The SMILES string of the molecule is CCCCC(CCCN)C1=CCC1. The first-order valence-electron chi connectivity index (χ1n) is 5.77. The summed E-state index contributed by atoms with van der Waals surface area (Å²) in [5, 5.41) is 0. The Bertz CT molecular complexity index is 153. The molecule has 0 heterocycles. The fourth-order valence-electron chi connectivity index (χ4n) is 2.01. The molecule has 1 nitrogen and oxygen atoms in total. The normalized spacial score (nSPS) is 17.8. The van der Waals surface area contributed by atoms with Crippen molar-refractivity contribution in [2.45, 2.75) is 51.9 Å². The van der Waals surface area contributed by atoms with Gasteiger partial charge in [0.1, 0.15) is 0 Å². The van der Waals surface area contributed by atoms with Gasteiger partial charge in [-0.15, -0.1) is 0 Å². The van der Waals surface area contributed by atoms with E-state index in [0.29, 0.717) is 0 Å². The van der Waals surface area contributed by atoms with E-state index in [1.807, 2.05) is 0 Å². The number of unbranched alkanes of at least 4 members (excludes halogenated alkanes) is 1. The molecule has 1 rings (SSSR count). The fourth-order valence-corrected chi connectivity index (χ4v) is 2.01. The quantitative estimate of drug-likeness (QED) is 0.599. The van der Waals surface area contributed by atoms with E-state index in [1.54, 1.807) is 5.57 Å². The molecule has 0 fully saturated rings. The maximum atomic E-state index is 5.55. The first kappa shape index (κ1) is 10.8. The van der Waals surface area contributed by atoms with Crippen molar-refractivity contribution in [1.82, 2.24) is 0 Å². The zero-order valence-corrected chi connectivity index (χ0v) is 8.89. The summed E-state index contributed by atoms with van der Waals surface area (Å²) < 4.78 is 0. The van der Waals surface area contributed by atoms with E-state index in [-0.39, 0.29) is 0 Å². The minimum Gasteiger partial charge on any atom is -0.330 e. The van der Waals surface area contributed by atoms with Crippen molar-refractivity contribution in [3.8, 4) is 0 Å². The Labute approximate surface area is 82.4 Å². The largest absolute Gasteiger partial charge is 0.330 e. The summed E-state index contributed by atoms with van der Waals surface area (Å²) in [5.41, 5.74) is 7.27. The molecule has 1 unspecified atom stereocenters. The van der Waals surface area contributed by atoms with Crippen molar-refractivity contribution in [2.24, 2.45) is 11.7 Å². The van der Waals surface area contributed by atoms with Crippen LogP contribution in [-0.4, -0.2) is 6.54 Å². The molecule has 0 saturated carbocycles. The van der Waals surface area contributed by atoms with Gasteiger partial charge < -0.3 is 5.73 Å². The van der Waals surface area contributed by atoms with Gasteiger partial charge in [0, 0.05) is 0 Å². The Hall–Kier alpha value is -0.300. The van der Waals surface area contributed by atoms with Crippen LogP contribution in [0.1, 0.15) is 51.9 Å². The second kappa shape index (κ2) is 6.20. The molecule has 0 aromatic heterocycles. The van der Waals surface area contributed by atoms with Gasteiger partial charge in [-0.3, -0.25) is 0 Å². The van der Waals surface area contributed by atoms with Gasteiger partial charge in [0.15, 0.2) is 0 Å². The molecule has 0 aliphatic heterocycles. The summed E-state index contributed by atoms with van der Waals surface area (Å²) >= 11 is 0. The maximum absolute atomic E-state index is 5.55. The van der Waals surface area contributed by atoms with Crippen LogP contribution in [0.25, 0.3) is 0 Å². The van der Waals surface area contributed by atoms with Crippen molar-refractivity contribution < 1.29 is 0 Å². The van der Waals surface area contributed by atoms with Crippen LogP contribution in [0, 0.1) is 5.92 Å². The van der Waals surface area contributed by atoms with E-state index in [0.717, 1.165) is 12.5 Å². The molecule has 1 heteroatoms. The van der Waals surface area contributed by atoms with Crippen LogP contribution in [0.4, 0.5) is 0 Å². The Morgan fingerprint density at radius 3 is 2.54 bits per heavy atom. The van der Waals surface area contributed by atoms with Gasteiger partial charge in [0.05, 0.1) is 0 Å². The van der Waals surface area contributed by atoms with Crippen molar-refractivity contribution in [2.75, 3.05) is 6.54 Å². The van der Waals surface area contributed by atoms with Crippen molar-refractivity contribution in [1.29, 1.82) is 0 Å². The van der Waals surface area contributed by atoms with Gasteiger partial charge in [-0.1, -0.05) is 31.4 Å². The first-order chi connectivity index (χ1) is 6.38. The van der Waals surface area contributed by atoms with Gasteiger partial charge in [-0.25, -0.2) is 0 Å². The number of rotatable bonds is 7. The van der Waals surface area contributed by atoms with Crippen LogP contribution in [0.5, 0.6) is 0 Å². The van der Waals surface area contributed by atoms with E-state index >= 15 is 0 Å². The summed E-state index contributed by atoms with van der Waals surface area (Å²) in [5.74, 6) is 0.872. The van der Waals surface area contributed by atoms with Crippen LogP contribution in [-0.2, 0) is 0 Å². The Balaban J connectivity index is 2.25. The standard InChI is InChI=1S/C12H23N/c1-2-3-6-11(9-5-10-13)12-7-4-8-12/h7,11H,2-6,8-10,13H2,1H3. The zero-order valence-electron chi connectivity index (χ0n) is 8.89. The molecule has 0 aromatic rings. The lowest BCUT2D eigenvalue weighted by Gasteiger charge is -2.25. The van der Waals surface area contributed by atoms with E-state index in [1.165, 1.54) is 44.9 Å². The minimum atomic E-state index is 0.857. The molecule has 13 heavy (non-hydrogen) atoms. The van der Waals surface area contributed by atoms with Crippen LogP contribution < -0.4 is 5.73 Å². The Kier molecular flexibility index (Phi) is 5.14. The van der Waals surface area contributed by atoms with Crippen LogP contribution >= 0.6 is 0 Å². The molecule has 1 atom stereocenters. The Morgan fingerprint density at radius 2 is 2.08 bits per heavy atom. The van der Waals surface area contributed by atoms with E-state index in [2.05, 4.69) is 13.0 Å². The predicted molar refractivity (Wildman–Crippen MR) is 58.6 cm³/mol. The summed E-state index contributed by atoms with van der Waals surface area (Å²) in [4.78, 5) is 0. The number of hydrogen-bond donors (Lipinski definition) is 1. The smallest absolute Gasteiger partial charge is 0.00771 e. The predicted octanol–water partition coefficient (Wildman–Crippen LogP) is 3.25. The van der Waals surface area contributed by atoms with Gasteiger partial charge in [-0.05, 0) is 44.6 Å². The molecular formula is C12H23N. The summed E-state index contributed by atoms with van der Waals surface area (Å²) in [7, 11) is 0. The molecule has 0 aromatic carbocycles. The summed E-state index contributed by atoms with van der Waals surface area (Å²) in [6.45, 7) is 3.13. The molecule has 0 radical (unpaired) electrons. The van der Waals surface area contributed by atoms with Crippen molar-refractivity contribution in [3.05, 3.63) is 11.6 Å². The molecule has 0 bridgehead atoms. The highest BCUT2D eigenvalue weighted by Gasteiger charge is 2.16. The maximum Gasteiger partial charge on any atom is -0.00771 e. The third-order valence-corrected chi connectivity index (χ3v) is 3.03. The third-order valence-electron chi connectivity index (χ3n) is 3.03. The lowest BCUT2D eigenvalue weighted by atomic mass is 9.81. The number of nitrogens with two attached hydrogens (primary N) is 1. The molecule has 1 aliphatic carbocycles. The fraction of sp³-hybridized carbons (Fsp3) is 0.833. The third kappa shape index (κ3) is 3.51. The minimum absolute atomic E-state index is 0.857. The highest BCUT2D eigenvalue weighted by atomic mass is 14.5. The number of hydrogen-bond acceptors (Lipinski definition) is 1. The molecule has 1 aliphatic rings. The topological polar surface area (TPSA) is 26.0 Å². The molecule has 0 amide bonds. The molecule has 76 valence electrons. The highest BCUT2D eigenvalue weighted by Crippen LogP contribution is 2.32. The molecular weight excluding hydrogens is 158 g/mol. The lowest BCUT2D eigenvalue weighted by Crippen LogP contribution is -2.11. The average molecular weight is 181 g/mol. The lowest BCUT2D eigenvalue weighted by molar-refractivity contribution is 0.455. The van der Waals surface area contributed by atoms with E-state index < -0.39 is 0 Å². The summed E-state index contributed by atoms with van der Waals surface area (Å²) in [6, 6.07) is 0. The van der Waals surface area contributed by atoms with Crippen LogP contribution in [0.2, 0.25) is 0 Å². The second-order valence-electron chi connectivity index (χ2n) is 4.09. The second-order valence-corrected chi connectivity index (χ2v) is 4.09. The van der Waals surface area contributed by atoms with Crippen LogP contribution in [0.3, 0.4) is 0 Å². The molecule has 2 N–H and O–H groups in total. The monoisotopic (exact) mass is 181 g/mol. The van der Waals surface area contributed by atoms with Gasteiger partial charge in [0.2, 0.25) is 0 Å². The number of allylic oxidation sites excluding steroid dienone is 2. The highest BCUT2D eigenvalue weighted by molar-refractivity contribution is 5.15. The van der Waals surface area contributed by atoms with Crippen LogP contribution in [0.15, 0.2) is 11.6 Å². The van der Waals surface area contributed by atoms with Crippen molar-refractivity contribution in [3.63, 3.8) is 0 Å². The van der Waals surface area contributed by atoms with Gasteiger partial charge in [0.25, 0.3) is 0 Å². The van der Waals surface area contributed by atoms with E-state index in [9.17, 15) is 0 Å². The van der Waals surface area contributed by atoms with E-state index in [4.69, 9.17) is 5.73 Å². The summed E-state index contributed by atoms with van der Waals surface area (Å²) in [6.07, 6.45) is 11.7. The average Bonchev–Trinajstić information content (AvgIpc) is 2.06. The first-order valence-corrected chi connectivity index (χ1v) is 5.77. The molecule has 0 spiro atoms. The Morgan fingerprint density at radius 1 is 1.38 bits per heavy atom. The van der Waals surface area contributed by atoms with Crippen molar-refractivity contribution >= 4 is 0 Å². The van der Waals surface area contributed by atoms with Gasteiger partial charge in [-0.2, -0.15) is 0 Å². The molecule has 0 saturated heterocycles. The van der Waals surface area contributed by atoms with Gasteiger partial charge >= 0.3 is 0 Å².